The molecule has 112 valence electrons. The predicted molar refractivity (Wildman–Crippen MR) is 84.0 cm³/mol. The Kier molecular flexibility index (Phi) is 5.00. The topological polar surface area (TPSA) is 34.0 Å². The Morgan fingerprint density at radius 1 is 1.14 bits per heavy atom. The van der Waals surface area contributed by atoms with Gasteiger partial charge in [0.25, 0.3) is 0 Å². The lowest BCUT2D eigenvalue weighted by molar-refractivity contribution is 0.128. The highest BCUT2D eigenvalue weighted by atomic mass is 15.3. The minimum absolute atomic E-state index is 0.622. The number of piperidine rings is 1. The van der Waals surface area contributed by atoms with Crippen LogP contribution in [0.5, 0.6) is 0 Å². The zero-order chi connectivity index (χ0) is 14.3. The van der Waals surface area contributed by atoms with Crippen molar-refractivity contribution in [2.24, 2.45) is 0 Å². The molecule has 0 aliphatic carbocycles. The van der Waals surface area contributed by atoms with Crippen LogP contribution in [0.4, 0.5) is 0 Å². The zero-order valence-electron chi connectivity index (χ0n) is 12.6. The second-order valence-electron chi connectivity index (χ2n) is 5.89. The average Bonchev–Trinajstić information content (AvgIpc) is 3.03. The summed E-state index contributed by atoms with van der Waals surface area (Å²) in [5.74, 6) is 0. The fraction of sp³-hybridized carbons (Fsp3) is 0.529. The highest BCUT2D eigenvalue weighted by Gasteiger charge is 2.22. The lowest BCUT2D eigenvalue weighted by Gasteiger charge is -2.35. The van der Waals surface area contributed by atoms with E-state index in [-0.39, 0.29) is 0 Å². The molecule has 1 unspecified atom stereocenters. The molecule has 0 saturated carbocycles. The van der Waals surface area contributed by atoms with Gasteiger partial charge < -0.3 is 0 Å². The minimum Gasteiger partial charge on any atom is -0.299 e. The van der Waals surface area contributed by atoms with E-state index in [1.54, 1.807) is 6.33 Å². The maximum Gasteiger partial charge on any atom is 0.137 e. The summed E-state index contributed by atoms with van der Waals surface area (Å²) in [4.78, 5) is 6.69. The van der Waals surface area contributed by atoms with Gasteiger partial charge in [-0.2, -0.15) is 5.10 Å². The van der Waals surface area contributed by atoms with E-state index >= 15 is 0 Å². The summed E-state index contributed by atoms with van der Waals surface area (Å²) in [5.41, 5.74) is 1.45. The summed E-state index contributed by atoms with van der Waals surface area (Å²) in [6.45, 7) is 3.40. The van der Waals surface area contributed by atoms with Gasteiger partial charge in [0.2, 0.25) is 0 Å². The first-order valence-corrected chi connectivity index (χ1v) is 8.02. The zero-order valence-corrected chi connectivity index (χ0v) is 12.6. The van der Waals surface area contributed by atoms with E-state index in [1.165, 1.54) is 50.8 Å². The Morgan fingerprint density at radius 3 is 2.86 bits per heavy atom. The van der Waals surface area contributed by atoms with Crippen LogP contribution in [0.2, 0.25) is 0 Å². The van der Waals surface area contributed by atoms with Gasteiger partial charge in [0.05, 0.1) is 6.54 Å². The Hall–Kier alpha value is -1.68. The van der Waals surface area contributed by atoms with Gasteiger partial charge in [-0.05, 0) is 44.3 Å². The van der Waals surface area contributed by atoms with Crippen molar-refractivity contribution < 1.29 is 0 Å². The van der Waals surface area contributed by atoms with Crippen LogP contribution >= 0.6 is 0 Å². The molecule has 0 spiro atoms. The van der Waals surface area contributed by atoms with E-state index < -0.39 is 0 Å². The van der Waals surface area contributed by atoms with Gasteiger partial charge in [-0.15, -0.1) is 0 Å². The van der Waals surface area contributed by atoms with Gasteiger partial charge in [0.1, 0.15) is 12.7 Å². The molecule has 1 fully saturated rings. The molecule has 1 aromatic heterocycles. The third kappa shape index (κ3) is 4.14. The summed E-state index contributed by atoms with van der Waals surface area (Å²) in [7, 11) is 0. The van der Waals surface area contributed by atoms with Gasteiger partial charge in [-0.25, -0.2) is 4.98 Å². The van der Waals surface area contributed by atoms with Gasteiger partial charge in [0.15, 0.2) is 0 Å². The number of hydrogen-bond donors (Lipinski definition) is 0. The van der Waals surface area contributed by atoms with Crippen molar-refractivity contribution in [2.75, 3.05) is 13.1 Å². The average molecular weight is 284 g/mol. The second kappa shape index (κ2) is 7.36. The predicted octanol–water partition coefficient (Wildman–Crippen LogP) is 2.77. The Labute approximate surface area is 126 Å². The van der Waals surface area contributed by atoms with E-state index in [9.17, 15) is 0 Å². The first kappa shape index (κ1) is 14.3. The van der Waals surface area contributed by atoms with Crippen LogP contribution in [0.3, 0.4) is 0 Å². The SMILES string of the molecule is c1ccc(CCCN2CCCCC2Cn2cncn2)cc1. The summed E-state index contributed by atoms with van der Waals surface area (Å²) >= 11 is 0. The summed E-state index contributed by atoms with van der Waals surface area (Å²) in [6.07, 6.45) is 9.82. The van der Waals surface area contributed by atoms with Crippen LogP contribution in [-0.2, 0) is 13.0 Å². The third-order valence-electron chi connectivity index (χ3n) is 4.37. The molecule has 3 rings (SSSR count). The van der Waals surface area contributed by atoms with Crippen molar-refractivity contribution >= 4 is 0 Å². The molecule has 2 aromatic rings. The fourth-order valence-electron chi connectivity index (χ4n) is 3.24. The Balaban J connectivity index is 1.50. The van der Waals surface area contributed by atoms with Gasteiger partial charge in [-0.3, -0.25) is 9.58 Å². The van der Waals surface area contributed by atoms with E-state index in [2.05, 4.69) is 45.3 Å². The van der Waals surface area contributed by atoms with Gasteiger partial charge in [0, 0.05) is 6.04 Å². The molecule has 0 bridgehead atoms. The van der Waals surface area contributed by atoms with Crippen LogP contribution in [0, 0.1) is 0 Å². The van der Waals surface area contributed by atoms with Crippen molar-refractivity contribution in [1.29, 1.82) is 0 Å². The number of aryl methyl sites for hydroxylation is 1. The normalized spacial score (nSPS) is 19.7. The molecule has 1 aliphatic rings. The standard InChI is InChI=1S/C17H24N4/c1-2-7-16(8-3-1)9-6-12-20-11-5-4-10-17(20)13-21-15-18-14-19-21/h1-3,7-8,14-15,17H,4-6,9-13H2. The molecular formula is C17H24N4. The van der Waals surface area contributed by atoms with Gasteiger partial charge >= 0.3 is 0 Å². The molecule has 1 aliphatic heterocycles. The summed E-state index contributed by atoms with van der Waals surface area (Å²) in [5, 5.41) is 4.25. The van der Waals surface area contributed by atoms with E-state index in [0.29, 0.717) is 6.04 Å². The molecule has 21 heavy (non-hydrogen) atoms. The summed E-state index contributed by atoms with van der Waals surface area (Å²) < 4.78 is 1.97. The molecule has 0 amide bonds. The highest BCUT2D eigenvalue weighted by molar-refractivity contribution is 5.14. The fourth-order valence-corrected chi connectivity index (χ4v) is 3.24. The smallest absolute Gasteiger partial charge is 0.137 e. The van der Waals surface area contributed by atoms with Gasteiger partial charge in [-0.1, -0.05) is 36.8 Å². The van der Waals surface area contributed by atoms with Crippen molar-refractivity contribution in [3.63, 3.8) is 0 Å². The van der Waals surface area contributed by atoms with Crippen molar-refractivity contribution in [3.8, 4) is 0 Å². The monoisotopic (exact) mass is 284 g/mol. The quantitative estimate of drug-likeness (QED) is 0.818. The molecule has 1 saturated heterocycles. The molecule has 0 radical (unpaired) electrons. The van der Waals surface area contributed by atoms with Crippen molar-refractivity contribution in [3.05, 3.63) is 48.5 Å². The first-order chi connectivity index (χ1) is 10.4. The van der Waals surface area contributed by atoms with Crippen molar-refractivity contribution in [2.45, 2.75) is 44.7 Å². The molecular weight excluding hydrogens is 260 g/mol. The number of nitrogens with zero attached hydrogens (tertiary/aromatic N) is 4. The number of rotatable bonds is 6. The minimum atomic E-state index is 0.622. The van der Waals surface area contributed by atoms with Crippen LogP contribution in [0.25, 0.3) is 0 Å². The van der Waals surface area contributed by atoms with Crippen LogP contribution in [0.1, 0.15) is 31.2 Å². The maximum atomic E-state index is 4.25. The van der Waals surface area contributed by atoms with Crippen LogP contribution in [-0.4, -0.2) is 38.8 Å². The summed E-state index contributed by atoms with van der Waals surface area (Å²) in [6, 6.07) is 11.4. The van der Waals surface area contributed by atoms with E-state index in [4.69, 9.17) is 0 Å². The molecule has 1 atom stereocenters. The third-order valence-corrected chi connectivity index (χ3v) is 4.37. The largest absolute Gasteiger partial charge is 0.299 e. The maximum absolute atomic E-state index is 4.25. The number of aromatic nitrogens is 3. The lowest BCUT2D eigenvalue weighted by Crippen LogP contribution is -2.42. The lowest BCUT2D eigenvalue weighted by atomic mass is 10.0. The van der Waals surface area contributed by atoms with E-state index in [1.807, 2.05) is 11.0 Å². The van der Waals surface area contributed by atoms with Crippen molar-refractivity contribution in [1.82, 2.24) is 19.7 Å². The number of likely N-dealkylation sites (tertiary alicyclic amines) is 1. The molecule has 1 aromatic carbocycles. The molecule has 2 heterocycles. The second-order valence-corrected chi connectivity index (χ2v) is 5.89. The molecule has 0 N–H and O–H groups in total. The molecule has 4 nitrogen and oxygen atoms in total. The number of hydrogen-bond acceptors (Lipinski definition) is 3. The number of benzene rings is 1. The highest BCUT2D eigenvalue weighted by Crippen LogP contribution is 2.19. The Bertz CT molecular complexity index is 509. The van der Waals surface area contributed by atoms with Crippen LogP contribution in [0.15, 0.2) is 43.0 Å². The van der Waals surface area contributed by atoms with E-state index in [0.717, 1.165) is 6.54 Å². The first-order valence-electron chi connectivity index (χ1n) is 8.02. The van der Waals surface area contributed by atoms with Crippen LogP contribution < -0.4 is 0 Å². The Morgan fingerprint density at radius 2 is 2.05 bits per heavy atom. The molecule has 4 heteroatoms.